The number of anilines is 2. The molecule has 1 aromatic heterocycles. The minimum absolute atomic E-state index is 0.0124. The number of ether oxygens (including phenoxy) is 2. The molecule has 0 unspecified atom stereocenters. The summed E-state index contributed by atoms with van der Waals surface area (Å²) in [7, 11) is 0. The van der Waals surface area contributed by atoms with Gasteiger partial charge in [0.05, 0.1) is 23.7 Å². The fraction of sp³-hybridized carbons (Fsp3) is 0.167. The summed E-state index contributed by atoms with van der Waals surface area (Å²) < 4.78 is 11.4. The third-order valence-corrected chi connectivity index (χ3v) is 4.72. The minimum atomic E-state index is -0.432. The number of nitro groups is 1. The standard InChI is InChI=1S/C24H22N4O4/c1-3-31-21-13-12-17(15-22(21)32-4-2)25-24-19-10-5-6-11-20(19)26-23(27-24)16-8-7-9-18(14-16)28(29)30/h5-15H,3-4H2,1-2H3,(H,25,26,27). The van der Waals surface area contributed by atoms with Crippen molar-refractivity contribution >= 4 is 28.1 Å². The molecule has 0 bridgehead atoms. The molecule has 3 aromatic carbocycles. The number of rotatable bonds is 8. The first kappa shape index (κ1) is 21.0. The van der Waals surface area contributed by atoms with Gasteiger partial charge in [-0.25, -0.2) is 9.97 Å². The van der Waals surface area contributed by atoms with Crippen LogP contribution in [0.25, 0.3) is 22.3 Å². The zero-order valence-electron chi connectivity index (χ0n) is 17.7. The molecule has 0 radical (unpaired) electrons. The normalized spacial score (nSPS) is 10.7. The minimum Gasteiger partial charge on any atom is -0.490 e. The van der Waals surface area contributed by atoms with E-state index in [2.05, 4.69) is 15.3 Å². The number of nitrogens with zero attached hydrogens (tertiary/aromatic N) is 3. The van der Waals surface area contributed by atoms with E-state index in [0.29, 0.717) is 41.9 Å². The molecule has 0 saturated carbocycles. The number of benzene rings is 3. The predicted molar refractivity (Wildman–Crippen MR) is 124 cm³/mol. The van der Waals surface area contributed by atoms with Gasteiger partial charge >= 0.3 is 0 Å². The summed E-state index contributed by atoms with van der Waals surface area (Å²) in [6, 6.07) is 19.5. The molecule has 8 nitrogen and oxygen atoms in total. The van der Waals surface area contributed by atoms with E-state index in [9.17, 15) is 10.1 Å². The molecule has 0 saturated heterocycles. The van der Waals surface area contributed by atoms with Crippen molar-refractivity contribution < 1.29 is 14.4 Å². The second kappa shape index (κ2) is 9.30. The fourth-order valence-corrected chi connectivity index (χ4v) is 3.33. The lowest BCUT2D eigenvalue weighted by Crippen LogP contribution is -2.02. The van der Waals surface area contributed by atoms with Crippen LogP contribution < -0.4 is 14.8 Å². The number of hydrogen-bond acceptors (Lipinski definition) is 7. The van der Waals surface area contributed by atoms with Gasteiger partial charge in [0.25, 0.3) is 5.69 Å². The molecule has 0 aliphatic heterocycles. The van der Waals surface area contributed by atoms with Gasteiger partial charge in [0.1, 0.15) is 5.82 Å². The maximum absolute atomic E-state index is 11.2. The van der Waals surface area contributed by atoms with Gasteiger partial charge in [0, 0.05) is 34.8 Å². The van der Waals surface area contributed by atoms with Gasteiger partial charge in [-0.3, -0.25) is 10.1 Å². The van der Waals surface area contributed by atoms with Crippen molar-refractivity contribution in [3.8, 4) is 22.9 Å². The second-order valence-electron chi connectivity index (χ2n) is 6.87. The number of fused-ring (bicyclic) bond motifs is 1. The SMILES string of the molecule is CCOc1ccc(Nc2nc(-c3cccc([N+](=O)[O-])c3)nc3ccccc23)cc1OCC. The van der Waals surface area contributed by atoms with E-state index in [-0.39, 0.29) is 5.69 Å². The summed E-state index contributed by atoms with van der Waals surface area (Å²) in [6.45, 7) is 4.89. The zero-order chi connectivity index (χ0) is 22.5. The largest absolute Gasteiger partial charge is 0.490 e. The molecule has 8 heteroatoms. The Morgan fingerprint density at radius 2 is 1.69 bits per heavy atom. The summed E-state index contributed by atoms with van der Waals surface area (Å²) in [5.74, 6) is 2.29. The number of para-hydroxylation sites is 1. The molecule has 0 atom stereocenters. The Bertz CT molecular complexity index is 1280. The van der Waals surface area contributed by atoms with E-state index in [1.165, 1.54) is 12.1 Å². The van der Waals surface area contributed by atoms with Crippen LogP contribution in [0.5, 0.6) is 11.5 Å². The number of hydrogen-bond donors (Lipinski definition) is 1. The molecule has 0 aliphatic carbocycles. The number of nitro benzene ring substituents is 1. The van der Waals surface area contributed by atoms with E-state index in [0.717, 1.165) is 16.6 Å². The van der Waals surface area contributed by atoms with Crippen molar-refractivity contribution in [1.82, 2.24) is 9.97 Å². The molecule has 0 spiro atoms. The van der Waals surface area contributed by atoms with Crippen molar-refractivity contribution in [3.63, 3.8) is 0 Å². The molecule has 162 valence electrons. The van der Waals surface area contributed by atoms with Crippen LogP contribution in [0, 0.1) is 10.1 Å². The zero-order valence-corrected chi connectivity index (χ0v) is 17.7. The first-order chi connectivity index (χ1) is 15.6. The maximum Gasteiger partial charge on any atom is 0.270 e. The summed E-state index contributed by atoms with van der Waals surface area (Å²) in [5.41, 5.74) is 2.05. The highest BCUT2D eigenvalue weighted by Crippen LogP contribution is 2.34. The summed E-state index contributed by atoms with van der Waals surface area (Å²) in [6.07, 6.45) is 0. The first-order valence-corrected chi connectivity index (χ1v) is 10.3. The van der Waals surface area contributed by atoms with Crippen molar-refractivity contribution in [2.75, 3.05) is 18.5 Å². The van der Waals surface area contributed by atoms with Crippen LogP contribution >= 0.6 is 0 Å². The van der Waals surface area contributed by atoms with Crippen molar-refractivity contribution in [1.29, 1.82) is 0 Å². The summed E-state index contributed by atoms with van der Waals surface area (Å²) >= 11 is 0. The number of non-ortho nitro benzene ring substituents is 1. The van der Waals surface area contributed by atoms with Crippen LogP contribution in [-0.4, -0.2) is 28.1 Å². The fourth-order valence-electron chi connectivity index (χ4n) is 3.33. The Hall–Kier alpha value is -4.20. The third-order valence-electron chi connectivity index (χ3n) is 4.72. The lowest BCUT2D eigenvalue weighted by Gasteiger charge is -2.14. The van der Waals surface area contributed by atoms with E-state index in [4.69, 9.17) is 9.47 Å². The average Bonchev–Trinajstić information content (AvgIpc) is 2.81. The van der Waals surface area contributed by atoms with Crippen LogP contribution in [0.15, 0.2) is 66.7 Å². The summed E-state index contributed by atoms with van der Waals surface area (Å²) in [4.78, 5) is 20.1. The smallest absolute Gasteiger partial charge is 0.270 e. The Kier molecular flexibility index (Phi) is 6.12. The van der Waals surface area contributed by atoms with Crippen LogP contribution in [0.4, 0.5) is 17.2 Å². The molecule has 32 heavy (non-hydrogen) atoms. The highest BCUT2D eigenvalue weighted by molar-refractivity contribution is 5.92. The topological polar surface area (TPSA) is 99.4 Å². The van der Waals surface area contributed by atoms with Gasteiger partial charge in [-0.1, -0.05) is 24.3 Å². The van der Waals surface area contributed by atoms with E-state index < -0.39 is 4.92 Å². The highest BCUT2D eigenvalue weighted by Gasteiger charge is 2.14. The Balaban J connectivity index is 1.78. The lowest BCUT2D eigenvalue weighted by atomic mass is 10.1. The van der Waals surface area contributed by atoms with Gasteiger partial charge in [0.2, 0.25) is 0 Å². The second-order valence-corrected chi connectivity index (χ2v) is 6.87. The number of nitrogens with one attached hydrogen (secondary N) is 1. The van der Waals surface area contributed by atoms with Crippen LogP contribution in [0.3, 0.4) is 0 Å². The first-order valence-electron chi connectivity index (χ1n) is 10.3. The molecular weight excluding hydrogens is 408 g/mol. The van der Waals surface area contributed by atoms with Gasteiger partial charge in [-0.05, 0) is 38.1 Å². The number of aromatic nitrogens is 2. The predicted octanol–water partition coefficient (Wildman–Crippen LogP) is 5.75. The molecular formula is C24H22N4O4. The molecule has 0 amide bonds. The average molecular weight is 430 g/mol. The Morgan fingerprint density at radius 1 is 0.906 bits per heavy atom. The Morgan fingerprint density at radius 3 is 2.47 bits per heavy atom. The highest BCUT2D eigenvalue weighted by atomic mass is 16.6. The molecule has 0 fully saturated rings. The summed E-state index contributed by atoms with van der Waals surface area (Å²) in [5, 5.41) is 15.4. The van der Waals surface area contributed by atoms with E-state index in [1.54, 1.807) is 12.1 Å². The maximum atomic E-state index is 11.2. The van der Waals surface area contributed by atoms with Crippen molar-refractivity contribution in [2.24, 2.45) is 0 Å². The van der Waals surface area contributed by atoms with Gasteiger partial charge in [-0.2, -0.15) is 0 Å². The molecule has 1 N–H and O–H groups in total. The molecule has 4 rings (SSSR count). The van der Waals surface area contributed by atoms with Crippen LogP contribution in [0.1, 0.15) is 13.8 Å². The van der Waals surface area contributed by atoms with Gasteiger partial charge in [0.15, 0.2) is 17.3 Å². The Labute approximate surface area is 185 Å². The van der Waals surface area contributed by atoms with Gasteiger partial charge < -0.3 is 14.8 Å². The molecule has 1 heterocycles. The van der Waals surface area contributed by atoms with Gasteiger partial charge in [-0.15, -0.1) is 0 Å². The van der Waals surface area contributed by atoms with Crippen molar-refractivity contribution in [3.05, 3.63) is 76.8 Å². The molecule has 0 aliphatic rings. The molecule has 4 aromatic rings. The van der Waals surface area contributed by atoms with E-state index >= 15 is 0 Å². The lowest BCUT2D eigenvalue weighted by molar-refractivity contribution is -0.384. The van der Waals surface area contributed by atoms with Crippen molar-refractivity contribution in [2.45, 2.75) is 13.8 Å². The van der Waals surface area contributed by atoms with E-state index in [1.807, 2.05) is 56.3 Å². The third kappa shape index (κ3) is 4.44. The van der Waals surface area contributed by atoms with Crippen LogP contribution in [0.2, 0.25) is 0 Å². The monoisotopic (exact) mass is 430 g/mol. The van der Waals surface area contributed by atoms with Crippen LogP contribution in [-0.2, 0) is 0 Å². The quantitative estimate of drug-likeness (QED) is 0.281.